The summed E-state index contributed by atoms with van der Waals surface area (Å²) in [6.45, 7) is 0.0629. The van der Waals surface area contributed by atoms with Crippen LogP contribution < -0.4 is 5.32 Å². The molecule has 1 amide bonds. The van der Waals surface area contributed by atoms with Gasteiger partial charge in [0.2, 0.25) is 0 Å². The molecular formula is C10H14BrNO3S. The fourth-order valence-electron chi connectivity index (χ4n) is 1.25. The first-order valence-electron chi connectivity index (χ1n) is 4.83. The predicted octanol–water partition coefficient (Wildman–Crippen LogP) is 1.89. The van der Waals surface area contributed by atoms with Gasteiger partial charge in [-0.1, -0.05) is 0 Å². The molecule has 0 fully saturated rings. The van der Waals surface area contributed by atoms with Crippen LogP contribution in [0.1, 0.15) is 17.0 Å². The number of nitrogens with one attached hydrogen (secondary N) is 1. The summed E-state index contributed by atoms with van der Waals surface area (Å²) in [4.78, 5) is 11.7. The Kier molecular flexibility index (Phi) is 5.94. The molecule has 0 spiro atoms. The minimum absolute atomic E-state index is 0.0311. The average Bonchev–Trinajstić information content (AvgIpc) is 2.65. The molecule has 0 saturated carbocycles. The van der Waals surface area contributed by atoms with Crippen LogP contribution in [0.3, 0.4) is 0 Å². The van der Waals surface area contributed by atoms with Gasteiger partial charge >= 0.3 is 0 Å². The van der Waals surface area contributed by atoms with Gasteiger partial charge in [-0.15, -0.1) is 0 Å². The Morgan fingerprint density at radius 1 is 1.69 bits per heavy atom. The molecule has 1 rings (SSSR count). The first kappa shape index (κ1) is 13.6. The van der Waals surface area contributed by atoms with Gasteiger partial charge in [0.05, 0.1) is 0 Å². The van der Waals surface area contributed by atoms with Crippen LogP contribution in [0, 0.1) is 0 Å². The Bertz CT molecular complexity index is 337. The largest absolute Gasteiger partial charge is 0.444 e. The first-order chi connectivity index (χ1) is 7.67. The Balaban J connectivity index is 2.54. The van der Waals surface area contributed by atoms with E-state index in [0.717, 1.165) is 5.75 Å². The van der Waals surface area contributed by atoms with Gasteiger partial charge in [0, 0.05) is 18.4 Å². The minimum atomic E-state index is -0.252. The Morgan fingerprint density at radius 2 is 2.44 bits per heavy atom. The summed E-state index contributed by atoms with van der Waals surface area (Å²) >= 11 is 4.76. The second kappa shape index (κ2) is 6.98. The van der Waals surface area contributed by atoms with E-state index in [1.54, 1.807) is 23.9 Å². The van der Waals surface area contributed by atoms with E-state index in [0.29, 0.717) is 11.1 Å². The summed E-state index contributed by atoms with van der Waals surface area (Å²) in [5.74, 6) is 0.794. The molecule has 6 heteroatoms. The minimum Gasteiger partial charge on any atom is -0.444 e. The highest BCUT2D eigenvalue weighted by Gasteiger charge is 2.15. The van der Waals surface area contributed by atoms with Gasteiger partial charge in [-0.05, 0) is 40.7 Å². The van der Waals surface area contributed by atoms with E-state index in [-0.39, 0.29) is 24.3 Å². The summed E-state index contributed by atoms with van der Waals surface area (Å²) in [7, 11) is 0. The molecule has 1 unspecified atom stereocenters. The number of halogens is 1. The van der Waals surface area contributed by atoms with E-state index in [9.17, 15) is 4.79 Å². The lowest BCUT2D eigenvalue weighted by molar-refractivity contribution is 0.0906. The number of carbonyl (C=O) groups is 1. The molecule has 1 aromatic heterocycles. The normalized spacial score (nSPS) is 12.4. The number of hydrogen-bond acceptors (Lipinski definition) is 4. The molecule has 1 atom stereocenters. The lowest BCUT2D eigenvalue weighted by Crippen LogP contribution is -2.37. The number of rotatable bonds is 6. The zero-order chi connectivity index (χ0) is 12.0. The SMILES string of the molecule is CSCC(CCO)NC(=O)c1ccc(Br)o1. The number of carbonyl (C=O) groups excluding carboxylic acids is 1. The van der Waals surface area contributed by atoms with E-state index < -0.39 is 0 Å². The number of hydrogen-bond donors (Lipinski definition) is 2. The third kappa shape index (κ3) is 4.19. The van der Waals surface area contributed by atoms with E-state index >= 15 is 0 Å². The van der Waals surface area contributed by atoms with Gasteiger partial charge in [-0.25, -0.2) is 0 Å². The van der Waals surface area contributed by atoms with Crippen LogP contribution in [-0.2, 0) is 0 Å². The molecule has 0 aliphatic carbocycles. The maximum atomic E-state index is 11.7. The molecule has 2 N–H and O–H groups in total. The topological polar surface area (TPSA) is 62.5 Å². The fraction of sp³-hybridized carbons (Fsp3) is 0.500. The van der Waals surface area contributed by atoms with Crippen molar-refractivity contribution < 1.29 is 14.3 Å². The number of aliphatic hydroxyl groups is 1. The van der Waals surface area contributed by atoms with Crippen molar-refractivity contribution in [2.24, 2.45) is 0 Å². The first-order valence-corrected chi connectivity index (χ1v) is 7.02. The maximum absolute atomic E-state index is 11.7. The van der Waals surface area contributed by atoms with Gasteiger partial charge < -0.3 is 14.8 Å². The van der Waals surface area contributed by atoms with Crippen LogP contribution in [-0.4, -0.2) is 35.7 Å². The van der Waals surface area contributed by atoms with Gasteiger partial charge in [0.1, 0.15) is 0 Å². The van der Waals surface area contributed by atoms with E-state index in [4.69, 9.17) is 9.52 Å². The lowest BCUT2D eigenvalue weighted by atomic mass is 10.2. The van der Waals surface area contributed by atoms with Crippen molar-refractivity contribution in [2.75, 3.05) is 18.6 Å². The maximum Gasteiger partial charge on any atom is 0.287 e. The zero-order valence-electron chi connectivity index (χ0n) is 8.90. The molecule has 90 valence electrons. The highest BCUT2D eigenvalue weighted by molar-refractivity contribution is 9.10. The predicted molar refractivity (Wildman–Crippen MR) is 67.7 cm³/mol. The van der Waals surface area contributed by atoms with Crippen LogP contribution in [0.15, 0.2) is 21.2 Å². The summed E-state index contributed by atoms with van der Waals surface area (Å²) in [6.07, 6.45) is 2.51. The van der Waals surface area contributed by atoms with E-state index in [1.165, 1.54) is 0 Å². The van der Waals surface area contributed by atoms with Crippen LogP contribution >= 0.6 is 27.7 Å². The standard InChI is InChI=1S/C10H14BrNO3S/c1-16-6-7(4-5-13)12-10(14)8-2-3-9(11)15-8/h2-3,7,13H,4-6H2,1H3,(H,12,14). The van der Waals surface area contributed by atoms with Crippen molar-refractivity contribution in [3.63, 3.8) is 0 Å². The molecule has 0 radical (unpaired) electrons. The van der Waals surface area contributed by atoms with Gasteiger partial charge in [0.15, 0.2) is 10.4 Å². The molecule has 0 bridgehead atoms. The van der Waals surface area contributed by atoms with Gasteiger partial charge in [0.25, 0.3) is 5.91 Å². The molecule has 16 heavy (non-hydrogen) atoms. The highest BCUT2D eigenvalue weighted by atomic mass is 79.9. The van der Waals surface area contributed by atoms with Crippen LogP contribution in [0.5, 0.6) is 0 Å². The molecule has 4 nitrogen and oxygen atoms in total. The molecular weight excluding hydrogens is 294 g/mol. The van der Waals surface area contributed by atoms with Crippen molar-refractivity contribution in [2.45, 2.75) is 12.5 Å². The molecule has 0 saturated heterocycles. The number of aliphatic hydroxyl groups excluding tert-OH is 1. The second-order valence-electron chi connectivity index (χ2n) is 3.24. The van der Waals surface area contributed by atoms with E-state index in [2.05, 4.69) is 21.2 Å². The third-order valence-electron chi connectivity index (χ3n) is 1.98. The Morgan fingerprint density at radius 3 is 2.94 bits per heavy atom. The molecule has 1 aromatic rings. The Labute approximate surface area is 107 Å². The third-order valence-corrected chi connectivity index (χ3v) is 3.14. The van der Waals surface area contributed by atoms with Gasteiger partial charge in [-0.2, -0.15) is 11.8 Å². The van der Waals surface area contributed by atoms with Crippen molar-refractivity contribution in [1.82, 2.24) is 5.32 Å². The summed E-state index contributed by atoms with van der Waals surface area (Å²) in [5.41, 5.74) is 0. The summed E-state index contributed by atoms with van der Waals surface area (Å²) < 4.78 is 5.67. The fourth-order valence-corrected chi connectivity index (χ4v) is 2.21. The summed E-state index contributed by atoms with van der Waals surface area (Å²) in [5, 5.41) is 11.7. The average molecular weight is 308 g/mol. The smallest absolute Gasteiger partial charge is 0.287 e. The molecule has 0 aliphatic rings. The number of furan rings is 1. The Hall–Kier alpha value is -0.460. The molecule has 1 heterocycles. The van der Waals surface area contributed by atoms with Crippen molar-refractivity contribution in [3.05, 3.63) is 22.6 Å². The van der Waals surface area contributed by atoms with Crippen LogP contribution in [0.2, 0.25) is 0 Å². The van der Waals surface area contributed by atoms with Crippen molar-refractivity contribution in [1.29, 1.82) is 0 Å². The zero-order valence-corrected chi connectivity index (χ0v) is 11.3. The van der Waals surface area contributed by atoms with Crippen LogP contribution in [0.25, 0.3) is 0 Å². The van der Waals surface area contributed by atoms with Crippen molar-refractivity contribution >= 4 is 33.6 Å². The number of amides is 1. The number of thioether (sulfide) groups is 1. The monoisotopic (exact) mass is 307 g/mol. The summed E-state index contributed by atoms with van der Waals surface area (Å²) in [6, 6.07) is 3.25. The van der Waals surface area contributed by atoms with Crippen molar-refractivity contribution in [3.8, 4) is 0 Å². The highest BCUT2D eigenvalue weighted by Crippen LogP contribution is 2.14. The van der Waals surface area contributed by atoms with Gasteiger partial charge in [-0.3, -0.25) is 4.79 Å². The van der Waals surface area contributed by atoms with E-state index in [1.807, 2.05) is 6.26 Å². The molecule has 0 aliphatic heterocycles. The molecule has 0 aromatic carbocycles. The quantitative estimate of drug-likeness (QED) is 0.842. The second-order valence-corrected chi connectivity index (χ2v) is 4.93. The van der Waals surface area contributed by atoms with Crippen LogP contribution in [0.4, 0.5) is 0 Å². The lowest BCUT2D eigenvalue weighted by Gasteiger charge is -2.15.